The quantitative estimate of drug-likeness (QED) is 0.650. The lowest BCUT2D eigenvalue weighted by Crippen LogP contribution is -2.42. The molecule has 0 unspecified atom stereocenters. The number of nitrogens with zero attached hydrogens (tertiary/aromatic N) is 2. The third-order valence-corrected chi connectivity index (χ3v) is 4.97. The van der Waals surface area contributed by atoms with Crippen molar-refractivity contribution in [3.63, 3.8) is 0 Å². The highest BCUT2D eigenvalue weighted by atomic mass is 35.5. The number of aromatic amines is 1. The number of nitrogens with two attached hydrogens (primary N) is 1. The Balaban J connectivity index is 2.45. The molecule has 0 bridgehead atoms. The third-order valence-electron chi connectivity index (χ3n) is 4.72. The first-order chi connectivity index (χ1) is 13.7. The number of nitrogens with one attached hydrogen (secondary N) is 1. The molecular formula is C21H29ClN4O3. The zero-order chi connectivity index (χ0) is 21.6. The van der Waals surface area contributed by atoms with Crippen LogP contribution in [0.4, 0.5) is 11.5 Å². The highest BCUT2D eigenvalue weighted by Gasteiger charge is 2.24. The molecule has 8 heteroatoms. The first kappa shape index (κ1) is 22.7. The molecule has 0 radical (unpaired) electrons. The van der Waals surface area contributed by atoms with Crippen molar-refractivity contribution in [2.45, 2.75) is 53.0 Å². The number of anilines is 2. The van der Waals surface area contributed by atoms with Gasteiger partial charge < -0.3 is 10.6 Å². The summed E-state index contributed by atoms with van der Waals surface area (Å²) in [7, 11) is 0. The molecule has 3 N–H and O–H groups in total. The Bertz CT molecular complexity index is 948. The highest BCUT2D eigenvalue weighted by molar-refractivity contribution is 6.30. The Morgan fingerprint density at radius 2 is 1.90 bits per heavy atom. The summed E-state index contributed by atoms with van der Waals surface area (Å²) in [6.07, 6.45) is 2.40. The molecule has 0 aliphatic heterocycles. The summed E-state index contributed by atoms with van der Waals surface area (Å²) in [6, 6.07) is 6.98. The van der Waals surface area contributed by atoms with Crippen LogP contribution in [0.5, 0.6) is 0 Å². The van der Waals surface area contributed by atoms with Crippen LogP contribution in [0.15, 0.2) is 33.9 Å². The monoisotopic (exact) mass is 420 g/mol. The van der Waals surface area contributed by atoms with Crippen LogP contribution in [-0.4, -0.2) is 22.0 Å². The summed E-state index contributed by atoms with van der Waals surface area (Å²) in [5.41, 5.74) is 5.84. The number of halogens is 1. The van der Waals surface area contributed by atoms with Gasteiger partial charge in [-0.1, -0.05) is 50.9 Å². The molecule has 2 aromatic rings. The second-order valence-corrected chi connectivity index (χ2v) is 7.97. The molecule has 0 spiro atoms. The van der Waals surface area contributed by atoms with E-state index in [9.17, 15) is 14.4 Å². The first-order valence-corrected chi connectivity index (χ1v) is 10.3. The average Bonchev–Trinajstić information content (AvgIpc) is 2.65. The fourth-order valence-electron chi connectivity index (χ4n) is 3.00. The van der Waals surface area contributed by atoms with Gasteiger partial charge in [-0.15, -0.1) is 0 Å². The van der Waals surface area contributed by atoms with E-state index in [1.807, 2.05) is 20.8 Å². The fourth-order valence-corrected chi connectivity index (χ4v) is 3.12. The van der Waals surface area contributed by atoms with Crippen LogP contribution in [-0.2, 0) is 17.8 Å². The summed E-state index contributed by atoms with van der Waals surface area (Å²) in [5, 5.41) is 0.585. The lowest BCUT2D eigenvalue weighted by atomic mass is 10.1. The van der Waals surface area contributed by atoms with Gasteiger partial charge in [0.25, 0.3) is 5.56 Å². The SMILES string of the molecule is CCCCn1c(N)c(N(CCC(C)C)C(=O)Cc2ccc(Cl)cc2)c(=O)[nH]c1=O. The van der Waals surface area contributed by atoms with Crippen molar-refractivity contribution in [2.24, 2.45) is 5.92 Å². The van der Waals surface area contributed by atoms with Gasteiger partial charge in [0.05, 0.1) is 6.42 Å². The number of rotatable bonds is 9. The number of hydrogen-bond acceptors (Lipinski definition) is 4. The van der Waals surface area contributed by atoms with Crippen molar-refractivity contribution >= 4 is 29.0 Å². The molecule has 1 aromatic heterocycles. The van der Waals surface area contributed by atoms with Gasteiger partial charge in [-0.25, -0.2) is 4.79 Å². The van der Waals surface area contributed by atoms with Crippen molar-refractivity contribution in [1.29, 1.82) is 0 Å². The number of benzene rings is 1. The van der Waals surface area contributed by atoms with E-state index in [0.29, 0.717) is 30.5 Å². The van der Waals surface area contributed by atoms with Crippen LogP contribution in [0.1, 0.15) is 45.6 Å². The van der Waals surface area contributed by atoms with Crippen LogP contribution in [0.2, 0.25) is 5.02 Å². The minimum Gasteiger partial charge on any atom is -0.383 e. The number of amides is 1. The molecule has 0 aliphatic rings. The maximum Gasteiger partial charge on any atom is 0.330 e. The van der Waals surface area contributed by atoms with E-state index in [4.69, 9.17) is 17.3 Å². The maximum atomic E-state index is 13.1. The zero-order valence-electron chi connectivity index (χ0n) is 17.2. The lowest BCUT2D eigenvalue weighted by molar-refractivity contribution is -0.118. The molecule has 158 valence electrons. The average molecular weight is 421 g/mol. The van der Waals surface area contributed by atoms with Crippen molar-refractivity contribution < 1.29 is 4.79 Å². The largest absolute Gasteiger partial charge is 0.383 e. The van der Waals surface area contributed by atoms with Crippen molar-refractivity contribution in [3.8, 4) is 0 Å². The van der Waals surface area contributed by atoms with Crippen molar-refractivity contribution in [2.75, 3.05) is 17.2 Å². The molecule has 0 saturated heterocycles. The molecule has 0 saturated carbocycles. The predicted molar refractivity (Wildman–Crippen MR) is 118 cm³/mol. The van der Waals surface area contributed by atoms with Crippen molar-refractivity contribution in [3.05, 3.63) is 55.7 Å². The van der Waals surface area contributed by atoms with Crippen LogP contribution in [0.25, 0.3) is 0 Å². The minimum absolute atomic E-state index is 0.0282. The second-order valence-electron chi connectivity index (χ2n) is 7.53. The first-order valence-electron chi connectivity index (χ1n) is 9.92. The Morgan fingerprint density at radius 3 is 2.48 bits per heavy atom. The summed E-state index contributed by atoms with van der Waals surface area (Å²) >= 11 is 5.92. The van der Waals surface area contributed by atoms with Crippen LogP contribution in [0.3, 0.4) is 0 Å². The Morgan fingerprint density at radius 1 is 1.24 bits per heavy atom. The molecular weight excluding hydrogens is 392 g/mol. The smallest absolute Gasteiger partial charge is 0.330 e. The summed E-state index contributed by atoms with van der Waals surface area (Å²) in [5.74, 6) is 0.0957. The zero-order valence-corrected chi connectivity index (χ0v) is 18.0. The lowest BCUT2D eigenvalue weighted by Gasteiger charge is -2.25. The maximum absolute atomic E-state index is 13.1. The van der Waals surface area contributed by atoms with E-state index in [0.717, 1.165) is 18.4 Å². The third kappa shape index (κ3) is 5.97. The van der Waals surface area contributed by atoms with Crippen molar-refractivity contribution in [1.82, 2.24) is 9.55 Å². The topological polar surface area (TPSA) is 101 Å². The standard InChI is InChI=1S/C21H29ClN4O3/c1-4-5-11-26-19(23)18(20(28)24-21(26)29)25(12-10-14(2)3)17(27)13-15-6-8-16(22)9-7-15/h6-9,14H,4-5,10-13,23H2,1-3H3,(H,24,28,29). The number of aromatic nitrogens is 2. The fraction of sp³-hybridized carbons (Fsp3) is 0.476. The molecule has 1 aromatic carbocycles. The van der Waals surface area contributed by atoms with E-state index in [-0.39, 0.29) is 23.8 Å². The molecule has 1 heterocycles. The van der Waals surface area contributed by atoms with E-state index in [1.165, 1.54) is 9.47 Å². The molecule has 29 heavy (non-hydrogen) atoms. The molecule has 0 fully saturated rings. The second kappa shape index (κ2) is 10.3. The highest BCUT2D eigenvalue weighted by Crippen LogP contribution is 2.20. The molecule has 0 aliphatic carbocycles. The van der Waals surface area contributed by atoms with Gasteiger partial charge in [0, 0.05) is 18.1 Å². The van der Waals surface area contributed by atoms with E-state index in [1.54, 1.807) is 24.3 Å². The van der Waals surface area contributed by atoms with E-state index < -0.39 is 11.2 Å². The number of carbonyl (C=O) groups excluding carboxylic acids is 1. The van der Waals surface area contributed by atoms with Crippen LogP contribution in [0, 0.1) is 5.92 Å². The van der Waals surface area contributed by atoms with Crippen LogP contribution >= 0.6 is 11.6 Å². The molecule has 7 nitrogen and oxygen atoms in total. The van der Waals surface area contributed by atoms with Gasteiger partial charge in [0.2, 0.25) is 5.91 Å². The molecule has 0 atom stereocenters. The number of hydrogen-bond donors (Lipinski definition) is 2. The Labute approximate surface area is 175 Å². The van der Waals surface area contributed by atoms with Gasteiger partial charge in [-0.3, -0.25) is 19.1 Å². The number of H-pyrrole nitrogens is 1. The summed E-state index contributed by atoms with van der Waals surface area (Å²) in [6.45, 7) is 6.80. The number of nitrogen functional groups attached to an aromatic ring is 1. The summed E-state index contributed by atoms with van der Waals surface area (Å²) in [4.78, 5) is 41.7. The minimum atomic E-state index is -0.645. The van der Waals surface area contributed by atoms with Crippen LogP contribution < -0.4 is 21.9 Å². The number of carbonyl (C=O) groups is 1. The van der Waals surface area contributed by atoms with E-state index in [2.05, 4.69) is 4.98 Å². The molecule has 2 rings (SSSR count). The Kier molecular flexibility index (Phi) is 8.08. The van der Waals surface area contributed by atoms with Gasteiger partial charge >= 0.3 is 5.69 Å². The normalized spacial score (nSPS) is 11.1. The van der Waals surface area contributed by atoms with Gasteiger partial charge in [0.1, 0.15) is 5.82 Å². The van der Waals surface area contributed by atoms with Gasteiger partial charge in [-0.05, 0) is 36.5 Å². The van der Waals surface area contributed by atoms with Gasteiger partial charge in [-0.2, -0.15) is 0 Å². The van der Waals surface area contributed by atoms with Gasteiger partial charge in [0.15, 0.2) is 5.69 Å². The summed E-state index contributed by atoms with van der Waals surface area (Å²) < 4.78 is 1.33. The van der Waals surface area contributed by atoms with E-state index >= 15 is 0 Å². The Hall–Kier alpha value is -2.54. The molecule has 1 amide bonds. The predicted octanol–water partition coefficient (Wildman–Crippen LogP) is 3.19. The number of unbranched alkanes of at least 4 members (excludes halogenated alkanes) is 1.